The summed E-state index contributed by atoms with van der Waals surface area (Å²) in [4.78, 5) is 43.6. The molecular formula is C32H27FN8O3. The summed E-state index contributed by atoms with van der Waals surface area (Å²) < 4.78 is 21.8. The number of halogens is 1. The highest BCUT2D eigenvalue weighted by Crippen LogP contribution is 2.28. The molecule has 2 aliphatic rings. The third-order valence-corrected chi connectivity index (χ3v) is 7.52. The Labute approximate surface area is 251 Å². The molecule has 1 atom stereocenters. The lowest BCUT2D eigenvalue weighted by Crippen LogP contribution is -2.43. The van der Waals surface area contributed by atoms with Gasteiger partial charge in [0.05, 0.1) is 30.3 Å². The van der Waals surface area contributed by atoms with Gasteiger partial charge in [-0.05, 0) is 37.3 Å². The number of aromatic nitrogens is 4. The summed E-state index contributed by atoms with van der Waals surface area (Å²) in [5.41, 5.74) is 3.59. The number of rotatable bonds is 5. The van der Waals surface area contributed by atoms with Gasteiger partial charge >= 0.3 is 0 Å². The Morgan fingerprint density at radius 3 is 2.59 bits per heavy atom. The SMILES string of the molecule is Cc1ccc2nc(-c3ccc(N4CCOCC4)nc3)c(C(=O)N[C@H]3N=C(c4ccccc4)c4cccc(F)c4NC3=O)n2n1. The number of amides is 2. The summed E-state index contributed by atoms with van der Waals surface area (Å²) in [5.74, 6) is -1.13. The third-order valence-electron chi connectivity index (χ3n) is 7.52. The molecule has 3 aromatic heterocycles. The molecule has 0 bridgehead atoms. The first-order chi connectivity index (χ1) is 21.5. The van der Waals surface area contributed by atoms with Gasteiger partial charge in [0, 0.05) is 36.0 Å². The van der Waals surface area contributed by atoms with Gasteiger partial charge in [-0.2, -0.15) is 5.10 Å². The molecule has 7 rings (SSSR count). The Hall–Kier alpha value is -5.49. The highest BCUT2D eigenvalue weighted by molar-refractivity contribution is 6.20. The zero-order valence-corrected chi connectivity index (χ0v) is 23.7. The molecule has 1 saturated heterocycles. The monoisotopic (exact) mass is 590 g/mol. The number of benzene rings is 2. The lowest BCUT2D eigenvalue weighted by Gasteiger charge is -2.27. The number of aryl methyl sites for hydroxylation is 1. The number of hydrogen-bond donors (Lipinski definition) is 2. The van der Waals surface area contributed by atoms with Crippen molar-refractivity contribution in [3.05, 3.63) is 107 Å². The van der Waals surface area contributed by atoms with Crippen LogP contribution in [-0.2, 0) is 9.53 Å². The Kier molecular flexibility index (Phi) is 7.03. The van der Waals surface area contributed by atoms with Gasteiger partial charge in [0.1, 0.15) is 17.3 Å². The molecule has 0 aliphatic carbocycles. The van der Waals surface area contributed by atoms with E-state index in [0.29, 0.717) is 52.7 Å². The molecule has 2 amide bonds. The summed E-state index contributed by atoms with van der Waals surface area (Å²) in [7, 11) is 0. The number of benzodiazepines with no additional fused rings is 1. The number of pyridine rings is 1. The van der Waals surface area contributed by atoms with Crippen molar-refractivity contribution in [2.45, 2.75) is 13.1 Å². The number of carbonyl (C=O) groups excluding carboxylic acids is 2. The number of para-hydroxylation sites is 1. The molecule has 11 nitrogen and oxygen atoms in total. The Balaban J connectivity index is 1.28. The van der Waals surface area contributed by atoms with Crippen molar-refractivity contribution >= 4 is 34.7 Å². The van der Waals surface area contributed by atoms with E-state index in [9.17, 15) is 14.0 Å². The average Bonchev–Trinajstić information content (AvgIpc) is 3.36. The van der Waals surface area contributed by atoms with Crippen LogP contribution in [0.5, 0.6) is 0 Å². The largest absolute Gasteiger partial charge is 0.378 e. The number of nitrogens with one attached hydrogen (secondary N) is 2. The van der Waals surface area contributed by atoms with Crippen LogP contribution in [0.1, 0.15) is 27.3 Å². The van der Waals surface area contributed by atoms with Crippen molar-refractivity contribution in [2.24, 2.45) is 4.99 Å². The van der Waals surface area contributed by atoms with Gasteiger partial charge in [0.2, 0.25) is 6.17 Å². The van der Waals surface area contributed by atoms with E-state index in [0.717, 1.165) is 18.9 Å². The Morgan fingerprint density at radius 1 is 1.00 bits per heavy atom. The van der Waals surface area contributed by atoms with Crippen molar-refractivity contribution < 1.29 is 18.7 Å². The lowest BCUT2D eigenvalue weighted by molar-refractivity contribution is -0.117. The van der Waals surface area contributed by atoms with Crippen molar-refractivity contribution in [2.75, 3.05) is 36.5 Å². The second kappa shape index (κ2) is 11.3. The van der Waals surface area contributed by atoms with Crippen molar-refractivity contribution in [1.29, 1.82) is 0 Å². The maximum atomic E-state index is 14.9. The highest BCUT2D eigenvalue weighted by Gasteiger charge is 2.31. The first kappa shape index (κ1) is 27.3. The van der Waals surface area contributed by atoms with E-state index in [4.69, 9.17) is 9.72 Å². The number of nitrogens with zero attached hydrogens (tertiary/aromatic N) is 6. The zero-order chi connectivity index (χ0) is 30.2. The van der Waals surface area contributed by atoms with Crippen LogP contribution >= 0.6 is 0 Å². The van der Waals surface area contributed by atoms with Gasteiger partial charge in [-0.25, -0.2) is 23.9 Å². The summed E-state index contributed by atoms with van der Waals surface area (Å²) >= 11 is 0. The average molecular weight is 591 g/mol. The molecule has 2 aliphatic heterocycles. The number of morpholine rings is 1. The van der Waals surface area contributed by atoms with Gasteiger partial charge in [-0.3, -0.25) is 9.59 Å². The van der Waals surface area contributed by atoms with E-state index in [2.05, 4.69) is 30.6 Å². The van der Waals surface area contributed by atoms with E-state index in [1.54, 1.807) is 37.4 Å². The fourth-order valence-electron chi connectivity index (χ4n) is 5.35. The predicted molar refractivity (Wildman–Crippen MR) is 162 cm³/mol. The molecule has 12 heteroatoms. The summed E-state index contributed by atoms with van der Waals surface area (Å²) in [6, 6.07) is 20.9. The predicted octanol–water partition coefficient (Wildman–Crippen LogP) is 3.62. The number of aliphatic imine (C=N–C) groups is 1. The Bertz CT molecular complexity index is 1920. The minimum absolute atomic E-state index is 0.00364. The zero-order valence-electron chi connectivity index (χ0n) is 23.7. The lowest BCUT2D eigenvalue weighted by atomic mass is 10.0. The molecule has 44 heavy (non-hydrogen) atoms. The van der Waals surface area contributed by atoms with Crippen LogP contribution in [0, 0.1) is 12.7 Å². The highest BCUT2D eigenvalue weighted by atomic mass is 19.1. The van der Waals surface area contributed by atoms with Gasteiger partial charge in [0.15, 0.2) is 11.3 Å². The first-order valence-electron chi connectivity index (χ1n) is 14.2. The minimum atomic E-state index is -1.38. The molecule has 5 heterocycles. The number of ether oxygens (including phenoxy) is 1. The molecule has 2 N–H and O–H groups in total. The molecule has 0 saturated carbocycles. The third kappa shape index (κ3) is 5.05. The smallest absolute Gasteiger partial charge is 0.274 e. The molecule has 0 unspecified atom stereocenters. The van der Waals surface area contributed by atoms with E-state index >= 15 is 0 Å². The van der Waals surface area contributed by atoms with Crippen LogP contribution in [0.4, 0.5) is 15.9 Å². The molecule has 2 aromatic carbocycles. The summed E-state index contributed by atoms with van der Waals surface area (Å²) in [6.45, 7) is 4.54. The fraction of sp³-hybridized carbons (Fsp3) is 0.188. The number of carbonyl (C=O) groups is 2. The van der Waals surface area contributed by atoms with Gasteiger partial charge < -0.3 is 20.3 Å². The van der Waals surface area contributed by atoms with Gasteiger partial charge in [-0.1, -0.05) is 42.5 Å². The normalized spacial score (nSPS) is 16.6. The standard InChI is InChI=1S/C32H27FN8O3/c1-19-10-12-25-35-27(21-11-13-24(34-18-21)40-14-16-44-17-15-40)29(41(25)39-19)31(42)38-30-32(43)37-28-22(8-5-9-23(28)33)26(36-30)20-6-3-2-4-7-20/h2-13,18,30H,14-17H2,1H3,(H,37,43)(H,38,42)/t30-/m1/s1. The van der Waals surface area contributed by atoms with Crippen LogP contribution in [0.2, 0.25) is 0 Å². The van der Waals surface area contributed by atoms with E-state index in [-0.39, 0.29) is 11.4 Å². The maximum absolute atomic E-state index is 14.9. The number of anilines is 2. The second-order valence-electron chi connectivity index (χ2n) is 10.4. The van der Waals surface area contributed by atoms with Crippen molar-refractivity contribution in [1.82, 2.24) is 24.9 Å². The van der Waals surface area contributed by atoms with Crippen LogP contribution in [0.25, 0.3) is 16.9 Å². The topological polar surface area (TPSA) is 126 Å². The molecule has 1 fully saturated rings. The minimum Gasteiger partial charge on any atom is -0.378 e. The second-order valence-corrected chi connectivity index (χ2v) is 10.4. The summed E-state index contributed by atoms with van der Waals surface area (Å²) in [6.07, 6.45) is 0.286. The Morgan fingerprint density at radius 2 is 1.82 bits per heavy atom. The number of fused-ring (bicyclic) bond motifs is 2. The fourth-order valence-corrected chi connectivity index (χ4v) is 5.35. The van der Waals surface area contributed by atoms with Gasteiger partial charge in [0.25, 0.3) is 11.8 Å². The van der Waals surface area contributed by atoms with Crippen LogP contribution in [-0.4, -0.2) is 69.6 Å². The maximum Gasteiger partial charge on any atom is 0.274 e. The van der Waals surface area contributed by atoms with Gasteiger partial charge in [-0.15, -0.1) is 0 Å². The quantitative estimate of drug-likeness (QED) is 0.320. The molecule has 220 valence electrons. The van der Waals surface area contributed by atoms with E-state index in [1.807, 2.05) is 42.5 Å². The van der Waals surface area contributed by atoms with Crippen molar-refractivity contribution in [3.8, 4) is 11.3 Å². The number of hydrogen-bond acceptors (Lipinski definition) is 8. The summed E-state index contributed by atoms with van der Waals surface area (Å²) in [5, 5.41) is 9.90. The van der Waals surface area contributed by atoms with Crippen LogP contribution < -0.4 is 15.5 Å². The van der Waals surface area contributed by atoms with Crippen LogP contribution in [0.15, 0.2) is 84.0 Å². The molecule has 0 radical (unpaired) electrons. The molecular weight excluding hydrogens is 563 g/mol. The van der Waals surface area contributed by atoms with Crippen LogP contribution in [0.3, 0.4) is 0 Å². The van der Waals surface area contributed by atoms with E-state index in [1.165, 1.54) is 10.6 Å². The van der Waals surface area contributed by atoms with Crippen molar-refractivity contribution in [3.63, 3.8) is 0 Å². The van der Waals surface area contributed by atoms with E-state index < -0.39 is 23.8 Å². The number of imidazole rings is 1. The molecule has 0 spiro atoms. The first-order valence-corrected chi connectivity index (χ1v) is 14.2. The molecule has 5 aromatic rings.